The summed E-state index contributed by atoms with van der Waals surface area (Å²) in [6.45, 7) is 0.807. The molecule has 214 valence electrons. The van der Waals surface area contributed by atoms with Crippen molar-refractivity contribution in [2.24, 2.45) is 5.92 Å². The second-order valence-corrected chi connectivity index (χ2v) is 10.7. The van der Waals surface area contributed by atoms with Crippen molar-refractivity contribution < 1.29 is 32.6 Å². The minimum absolute atomic E-state index is 0.0552. The van der Waals surface area contributed by atoms with Crippen molar-refractivity contribution >= 4 is 62.5 Å². The summed E-state index contributed by atoms with van der Waals surface area (Å²) in [5, 5.41) is 21.5. The van der Waals surface area contributed by atoms with Gasteiger partial charge >= 0.3 is 12.1 Å². The maximum absolute atomic E-state index is 13.9. The Morgan fingerprint density at radius 1 is 1.27 bits per heavy atom. The largest absolute Gasteiger partial charge is 0.492 e. The first kappa shape index (κ1) is 28.4. The van der Waals surface area contributed by atoms with E-state index in [9.17, 15) is 27.9 Å². The van der Waals surface area contributed by atoms with Crippen LogP contribution in [0.15, 0.2) is 42.6 Å². The fourth-order valence-electron chi connectivity index (χ4n) is 4.39. The molecule has 0 radical (unpaired) electrons. The Morgan fingerprint density at radius 2 is 2.05 bits per heavy atom. The lowest BCUT2D eigenvalue weighted by molar-refractivity contribution is -0.140. The van der Waals surface area contributed by atoms with E-state index in [4.69, 9.17) is 11.6 Å². The number of hydrogen-bond acceptors (Lipinski definition) is 8. The number of H-pyrrole nitrogens is 1. The van der Waals surface area contributed by atoms with Crippen LogP contribution in [0.5, 0.6) is 5.88 Å². The average molecular weight is 606 g/mol. The molecule has 0 aliphatic carbocycles. The van der Waals surface area contributed by atoms with E-state index in [0.717, 1.165) is 28.3 Å². The number of fused-ring (bicyclic) bond motifs is 1. The second kappa shape index (κ2) is 11.4. The first-order valence-corrected chi connectivity index (χ1v) is 13.5. The number of nitrogens with zero attached hydrogens (tertiary/aromatic N) is 3. The summed E-state index contributed by atoms with van der Waals surface area (Å²) in [5.74, 6) is -1.34. The van der Waals surface area contributed by atoms with Gasteiger partial charge in [-0.15, -0.1) is 0 Å². The van der Waals surface area contributed by atoms with Crippen LogP contribution in [-0.2, 0) is 20.5 Å². The van der Waals surface area contributed by atoms with Gasteiger partial charge in [0, 0.05) is 35.6 Å². The number of rotatable bonds is 8. The molecule has 2 aromatic carbocycles. The van der Waals surface area contributed by atoms with Crippen molar-refractivity contribution in [2.75, 3.05) is 31.6 Å². The summed E-state index contributed by atoms with van der Waals surface area (Å²) in [6.07, 6.45) is -1.66. The van der Waals surface area contributed by atoms with Crippen LogP contribution in [-0.4, -0.2) is 58.9 Å². The predicted octanol–water partition coefficient (Wildman–Crippen LogP) is 5.10. The quantitative estimate of drug-likeness (QED) is 0.189. The van der Waals surface area contributed by atoms with Gasteiger partial charge in [0.25, 0.3) is 0 Å². The number of aromatic nitrogens is 3. The van der Waals surface area contributed by atoms with E-state index in [1.807, 2.05) is 0 Å². The smallest absolute Gasteiger partial charge is 0.417 e. The van der Waals surface area contributed by atoms with E-state index in [1.54, 1.807) is 29.3 Å². The van der Waals surface area contributed by atoms with Crippen LogP contribution in [0.25, 0.3) is 22.6 Å². The molecule has 0 spiro atoms. The highest BCUT2D eigenvalue weighted by atomic mass is 35.5. The molecule has 1 aliphatic rings. The minimum Gasteiger partial charge on any atom is -0.492 e. The summed E-state index contributed by atoms with van der Waals surface area (Å²) in [6, 6.07) is 8.72. The van der Waals surface area contributed by atoms with Gasteiger partial charge in [0.1, 0.15) is 4.88 Å². The summed E-state index contributed by atoms with van der Waals surface area (Å²) in [4.78, 5) is 29.9. The summed E-state index contributed by atoms with van der Waals surface area (Å²) < 4.78 is 46.3. The molecule has 0 saturated carbocycles. The van der Waals surface area contributed by atoms with Crippen molar-refractivity contribution in [2.45, 2.75) is 12.6 Å². The molecule has 4 aromatic rings. The molecule has 3 N–H and O–H groups in total. The molecule has 1 amide bonds. The molecular formula is C27H23ClF3N5O4S. The number of esters is 1. The number of aromatic amines is 1. The van der Waals surface area contributed by atoms with Crippen molar-refractivity contribution in [3.8, 4) is 5.88 Å². The number of carbonyl (C=O) groups excluding carboxylic acids is 2. The molecule has 1 aliphatic heterocycles. The Morgan fingerprint density at radius 3 is 2.78 bits per heavy atom. The Balaban J connectivity index is 1.45. The van der Waals surface area contributed by atoms with Gasteiger partial charge in [-0.25, -0.2) is 0 Å². The SMILES string of the molecule is COC(=O)CCNC(=O)C1CN(c2nc(O)c(C(=Cc3ccc(Cl)cc3C(F)(F)F)c3ccc4[nH]ncc4c3)s2)C1. The van der Waals surface area contributed by atoms with E-state index in [1.165, 1.54) is 25.3 Å². The zero-order valence-electron chi connectivity index (χ0n) is 21.5. The molecule has 0 bridgehead atoms. The lowest BCUT2D eigenvalue weighted by atomic mass is 9.97. The van der Waals surface area contributed by atoms with Crippen LogP contribution in [0.1, 0.15) is 28.0 Å². The summed E-state index contributed by atoms with van der Waals surface area (Å²) >= 11 is 6.98. The fraction of sp³-hybridized carbons (Fsp3) is 0.259. The molecule has 41 heavy (non-hydrogen) atoms. The van der Waals surface area contributed by atoms with Gasteiger partial charge in [0.2, 0.25) is 11.8 Å². The molecule has 2 aromatic heterocycles. The number of halogens is 4. The highest BCUT2D eigenvalue weighted by Gasteiger charge is 2.36. The van der Waals surface area contributed by atoms with Crippen molar-refractivity contribution in [3.63, 3.8) is 0 Å². The van der Waals surface area contributed by atoms with Gasteiger partial charge in [0.15, 0.2) is 5.13 Å². The topological polar surface area (TPSA) is 120 Å². The fourth-order valence-corrected chi connectivity index (χ4v) is 5.58. The molecule has 1 fully saturated rings. The van der Waals surface area contributed by atoms with E-state index < -0.39 is 17.7 Å². The molecule has 1 saturated heterocycles. The van der Waals surface area contributed by atoms with Crippen LogP contribution in [0, 0.1) is 5.92 Å². The number of aromatic hydroxyl groups is 1. The summed E-state index contributed by atoms with van der Waals surface area (Å²) in [5.41, 5.74) is 0.547. The Kier molecular flexibility index (Phi) is 7.91. The van der Waals surface area contributed by atoms with Gasteiger partial charge in [-0.2, -0.15) is 23.3 Å². The molecule has 3 heterocycles. The van der Waals surface area contributed by atoms with Crippen LogP contribution in [0.3, 0.4) is 0 Å². The van der Waals surface area contributed by atoms with E-state index >= 15 is 0 Å². The maximum atomic E-state index is 13.9. The highest BCUT2D eigenvalue weighted by molar-refractivity contribution is 7.17. The molecule has 14 heteroatoms. The monoisotopic (exact) mass is 605 g/mol. The third-order valence-corrected chi connectivity index (χ3v) is 7.97. The molecule has 5 rings (SSSR count). The van der Waals surface area contributed by atoms with Gasteiger partial charge in [-0.3, -0.25) is 14.7 Å². The first-order valence-electron chi connectivity index (χ1n) is 12.3. The average Bonchev–Trinajstić information content (AvgIpc) is 3.52. The van der Waals surface area contributed by atoms with Crippen LogP contribution < -0.4 is 10.2 Å². The number of benzene rings is 2. The lowest BCUT2D eigenvalue weighted by Gasteiger charge is -2.37. The molecule has 0 unspecified atom stereocenters. The zero-order chi connectivity index (χ0) is 29.3. The number of hydrogen-bond donors (Lipinski definition) is 3. The Labute approximate surface area is 240 Å². The Bertz CT molecular complexity index is 1650. The highest BCUT2D eigenvalue weighted by Crippen LogP contribution is 2.43. The number of anilines is 1. The van der Waals surface area contributed by atoms with Crippen LogP contribution in [0.4, 0.5) is 18.3 Å². The predicted molar refractivity (Wildman–Crippen MR) is 149 cm³/mol. The molecule has 9 nitrogen and oxygen atoms in total. The van der Waals surface area contributed by atoms with Crippen molar-refractivity contribution in [1.82, 2.24) is 20.5 Å². The number of thiazole rings is 1. The summed E-state index contributed by atoms with van der Waals surface area (Å²) in [7, 11) is 1.27. The molecular weight excluding hydrogens is 583 g/mol. The standard InChI is InChI=1S/C27H23ClF3N5O4S/c1-40-22(37)6-7-32-24(38)17-12-36(13-17)26-34-25(39)23(41-26)19(14-3-5-21-16(8-14)11-33-35-21)9-15-2-4-18(28)10-20(15)27(29,30)31/h2-5,8-11,17,39H,6-7,12-13H2,1H3,(H,32,38)(H,33,35). The van der Waals surface area contributed by atoms with Crippen LogP contribution >= 0.6 is 22.9 Å². The third-order valence-electron chi connectivity index (χ3n) is 6.59. The second-order valence-electron chi connectivity index (χ2n) is 9.33. The number of alkyl halides is 3. The van der Waals surface area contributed by atoms with Gasteiger partial charge in [0.05, 0.1) is 36.7 Å². The lowest BCUT2D eigenvalue weighted by Crippen LogP contribution is -2.54. The number of amides is 1. The Hall–Kier alpha value is -4.10. The third kappa shape index (κ3) is 6.15. The zero-order valence-corrected chi connectivity index (χ0v) is 23.0. The van der Waals surface area contributed by atoms with Crippen molar-refractivity contribution in [1.29, 1.82) is 0 Å². The number of carbonyl (C=O) groups is 2. The number of ether oxygens (including phenoxy) is 1. The van der Waals surface area contributed by atoms with Gasteiger partial charge in [-0.1, -0.05) is 35.1 Å². The van der Waals surface area contributed by atoms with E-state index in [-0.39, 0.29) is 46.1 Å². The minimum atomic E-state index is -4.67. The maximum Gasteiger partial charge on any atom is 0.417 e. The number of methoxy groups -OCH3 is 1. The van der Waals surface area contributed by atoms with Gasteiger partial charge < -0.3 is 20.1 Å². The van der Waals surface area contributed by atoms with E-state index in [2.05, 4.69) is 25.2 Å². The first-order chi connectivity index (χ1) is 19.5. The van der Waals surface area contributed by atoms with E-state index in [0.29, 0.717) is 29.4 Å². The normalized spacial score (nSPS) is 14.3. The molecule has 0 atom stereocenters. The van der Waals surface area contributed by atoms with Crippen LogP contribution in [0.2, 0.25) is 5.02 Å². The number of nitrogens with one attached hydrogen (secondary N) is 2. The van der Waals surface area contributed by atoms with Crippen molar-refractivity contribution in [3.05, 3.63) is 69.2 Å². The van der Waals surface area contributed by atoms with Gasteiger partial charge in [-0.05, 0) is 41.5 Å².